The van der Waals surface area contributed by atoms with Crippen molar-refractivity contribution in [2.45, 2.75) is 52.4 Å². The summed E-state index contributed by atoms with van der Waals surface area (Å²) in [4.78, 5) is 25.8. The summed E-state index contributed by atoms with van der Waals surface area (Å²) in [6.45, 7) is 7.76. The lowest BCUT2D eigenvalue weighted by atomic mass is 9.96. The number of aryl methyl sites for hydroxylation is 1. The summed E-state index contributed by atoms with van der Waals surface area (Å²) in [6, 6.07) is 0. The standard InChI is InChI=1S/C19H30N4O2/c1-14-18(20-15(2)21-19(14)25-3)23-11-6-7-16(8-12-23)13-17(24)22-9-4-5-10-22/h16H,4-13H2,1-3H3. The van der Waals surface area contributed by atoms with Gasteiger partial charge in [0.2, 0.25) is 11.8 Å². The second-order valence-corrected chi connectivity index (χ2v) is 7.30. The molecular weight excluding hydrogens is 316 g/mol. The maximum Gasteiger partial charge on any atom is 0.222 e. The summed E-state index contributed by atoms with van der Waals surface area (Å²) >= 11 is 0. The number of ether oxygens (including phenoxy) is 1. The molecule has 1 atom stereocenters. The topological polar surface area (TPSA) is 58.6 Å². The molecule has 0 N–H and O–H groups in total. The zero-order valence-corrected chi connectivity index (χ0v) is 15.8. The molecule has 0 spiro atoms. The Morgan fingerprint density at radius 1 is 1.08 bits per heavy atom. The smallest absolute Gasteiger partial charge is 0.222 e. The molecule has 138 valence electrons. The average molecular weight is 346 g/mol. The summed E-state index contributed by atoms with van der Waals surface area (Å²) in [5, 5.41) is 0. The number of carbonyl (C=O) groups is 1. The van der Waals surface area contributed by atoms with Gasteiger partial charge in [0.25, 0.3) is 0 Å². The van der Waals surface area contributed by atoms with E-state index in [1.54, 1.807) is 7.11 Å². The molecule has 0 bridgehead atoms. The van der Waals surface area contributed by atoms with Crippen molar-refractivity contribution < 1.29 is 9.53 Å². The third kappa shape index (κ3) is 4.22. The Kier molecular flexibility index (Phi) is 5.76. The Morgan fingerprint density at radius 3 is 2.56 bits per heavy atom. The molecule has 1 unspecified atom stereocenters. The molecule has 0 saturated carbocycles. The van der Waals surface area contributed by atoms with E-state index in [9.17, 15) is 4.79 Å². The number of methoxy groups -OCH3 is 1. The molecule has 2 aliphatic heterocycles. The van der Waals surface area contributed by atoms with Gasteiger partial charge in [0.1, 0.15) is 11.6 Å². The minimum atomic E-state index is 0.353. The molecule has 6 heteroatoms. The quantitative estimate of drug-likeness (QED) is 0.839. The largest absolute Gasteiger partial charge is 0.481 e. The van der Waals surface area contributed by atoms with Crippen LogP contribution in [0.15, 0.2) is 0 Å². The third-order valence-corrected chi connectivity index (χ3v) is 5.45. The van der Waals surface area contributed by atoms with Gasteiger partial charge in [-0.2, -0.15) is 4.98 Å². The number of anilines is 1. The van der Waals surface area contributed by atoms with Crippen molar-refractivity contribution in [3.8, 4) is 5.88 Å². The van der Waals surface area contributed by atoms with Gasteiger partial charge in [0.15, 0.2) is 0 Å². The normalized spacial score (nSPS) is 21.3. The molecular formula is C19H30N4O2. The predicted molar refractivity (Wildman–Crippen MR) is 98.0 cm³/mol. The Labute approximate surface area is 150 Å². The second-order valence-electron chi connectivity index (χ2n) is 7.30. The highest BCUT2D eigenvalue weighted by atomic mass is 16.5. The lowest BCUT2D eigenvalue weighted by molar-refractivity contribution is -0.131. The molecule has 0 aromatic carbocycles. The van der Waals surface area contributed by atoms with E-state index in [4.69, 9.17) is 4.74 Å². The maximum absolute atomic E-state index is 12.4. The minimum absolute atomic E-state index is 0.353. The minimum Gasteiger partial charge on any atom is -0.481 e. The summed E-state index contributed by atoms with van der Waals surface area (Å²) in [5.74, 6) is 3.22. The first-order valence-corrected chi connectivity index (χ1v) is 9.50. The number of nitrogens with zero attached hydrogens (tertiary/aromatic N) is 4. The van der Waals surface area contributed by atoms with Gasteiger partial charge in [-0.3, -0.25) is 4.79 Å². The number of likely N-dealkylation sites (tertiary alicyclic amines) is 1. The molecule has 2 fully saturated rings. The molecule has 1 amide bonds. The van der Waals surface area contributed by atoms with Gasteiger partial charge in [-0.05, 0) is 51.9 Å². The predicted octanol–water partition coefficient (Wildman–Crippen LogP) is 2.72. The van der Waals surface area contributed by atoms with Gasteiger partial charge >= 0.3 is 0 Å². The fraction of sp³-hybridized carbons (Fsp3) is 0.737. The average Bonchev–Trinajstić information content (AvgIpc) is 3.05. The summed E-state index contributed by atoms with van der Waals surface area (Å²) in [6.07, 6.45) is 6.30. The fourth-order valence-electron chi connectivity index (χ4n) is 4.02. The van der Waals surface area contributed by atoms with E-state index < -0.39 is 0 Å². The van der Waals surface area contributed by atoms with Crippen molar-refractivity contribution in [3.63, 3.8) is 0 Å². The van der Waals surface area contributed by atoms with E-state index in [0.717, 1.165) is 62.6 Å². The van der Waals surface area contributed by atoms with Gasteiger partial charge < -0.3 is 14.5 Å². The Balaban J connectivity index is 1.63. The van der Waals surface area contributed by atoms with Crippen molar-refractivity contribution in [3.05, 3.63) is 11.4 Å². The molecule has 0 aliphatic carbocycles. The SMILES string of the molecule is COc1nc(C)nc(N2CCCC(CC(=O)N3CCCC3)CC2)c1C. The van der Waals surface area contributed by atoms with Crippen LogP contribution in [0, 0.1) is 19.8 Å². The van der Waals surface area contributed by atoms with Crippen molar-refractivity contribution in [1.82, 2.24) is 14.9 Å². The van der Waals surface area contributed by atoms with Crippen molar-refractivity contribution in [2.24, 2.45) is 5.92 Å². The highest BCUT2D eigenvalue weighted by Crippen LogP contribution is 2.29. The molecule has 1 aromatic heterocycles. The fourth-order valence-corrected chi connectivity index (χ4v) is 4.02. The molecule has 3 heterocycles. The zero-order chi connectivity index (χ0) is 17.8. The van der Waals surface area contributed by atoms with Crippen LogP contribution in [0.2, 0.25) is 0 Å². The zero-order valence-electron chi connectivity index (χ0n) is 15.8. The molecule has 0 radical (unpaired) electrons. The highest BCUT2D eigenvalue weighted by molar-refractivity contribution is 5.76. The van der Waals surface area contributed by atoms with Gasteiger partial charge in [-0.25, -0.2) is 4.98 Å². The lowest BCUT2D eigenvalue weighted by Crippen LogP contribution is -2.30. The Bertz CT molecular complexity index is 614. The number of hydrogen-bond acceptors (Lipinski definition) is 5. The molecule has 3 rings (SSSR count). The number of rotatable bonds is 4. The van der Waals surface area contributed by atoms with Crippen LogP contribution in [0.4, 0.5) is 5.82 Å². The van der Waals surface area contributed by atoms with Crippen LogP contribution in [0.1, 0.15) is 49.9 Å². The molecule has 6 nitrogen and oxygen atoms in total. The van der Waals surface area contributed by atoms with Crippen LogP contribution in [-0.4, -0.2) is 54.1 Å². The van der Waals surface area contributed by atoms with Gasteiger partial charge in [-0.15, -0.1) is 0 Å². The van der Waals surface area contributed by atoms with E-state index in [2.05, 4.69) is 14.9 Å². The van der Waals surface area contributed by atoms with Crippen molar-refractivity contribution >= 4 is 11.7 Å². The van der Waals surface area contributed by atoms with E-state index in [-0.39, 0.29) is 0 Å². The van der Waals surface area contributed by atoms with Crippen LogP contribution in [-0.2, 0) is 4.79 Å². The maximum atomic E-state index is 12.4. The third-order valence-electron chi connectivity index (χ3n) is 5.45. The van der Waals surface area contributed by atoms with Crippen LogP contribution in [0.3, 0.4) is 0 Å². The van der Waals surface area contributed by atoms with Crippen LogP contribution < -0.4 is 9.64 Å². The second kappa shape index (κ2) is 8.02. The van der Waals surface area contributed by atoms with E-state index in [0.29, 0.717) is 24.1 Å². The van der Waals surface area contributed by atoms with Gasteiger partial charge in [0.05, 0.1) is 12.7 Å². The lowest BCUT2D eigenvalue weighted by Gasteiger charge is -2.24. The summed E-state index contributed by atoms with van der Waals surface area (Å²) < 4.78 is 5.39. The monoisotopic (exact) mass is 346 g/mol. The van der Waals surface area contributed by atoms with Crippen molar-refractivity contribution in [1.29, 1.82) is 0 Å². The van der Waals surface area contributed by atoms with Crippen LogP contribution in [0.5, 0.6) is 5.88 Å². The molecule has 2 saturated heterocycles. The highest BCUT2D eigenvalue weighted by Gasteiger charge is 2.25. The van der Waals surface area contributed by atoms with Gasteiger partial charge in [0, 0.05) is 32.6 Å². The number of carbonyl (C=O) groups excluding carboxylic acids is 1. The first-order valence-electron chi connectivity index (χ1n) is 9.50. The van der Waals surface area contributed by atoms with Gasteiger partial charge in [-0.1, -0.05) is 0 Å². The van der Waals surface area contributed by atoms with E-state index in [1.807, 2.05) is 18.7 Å². The Morgan fingerprint density at radius 2 is 1.84 bits per heavy atom. The molecule has 2 aliphatic rings. The summed E-state index contributed by atoms with van der Waals surface area (Å²) in [5.41, 5.74) is 1.000. The van der Waals surface area contributed by atoms with E-state index in [1.165, 1.54) is 12.8 Å². The summed E-state index contributed by atoms with van der Waals surface area (Å²) in [7, 11) is 1.65. The van der Waals surface area contributed by atoms with Crippen LogP contribution >= 0.6 is 0 Å². The molecule has 1 aromatic rings. The van der Waals surface area contributed by atoms with Crippen molar-refractivity contribution in [2.75, 3.05) is 38.2 Å². The van der Waals surface area contributed by atoms with E-state index >= 15 is 0 Å². The number of amides is 1. The first kappa shape index (κ1) is 18.0. The molecule has 25 heavy (non-hydrogen) atoms. The Hall–Kier alpha value is -1.85. The number of hydrogen-bond donors (Lipinski definition) is 0. The number of aromatic nitrogens is 2. The first-order chi connectivity index (χ1) is 12.1. The van der Waals surface area contributed by atoms with Crippen LogP contribution in [0.25, 0.3) is 0 Å².